The lowest BCUT2D eigenvalue weighted by Crippen LogP contribution is -2.47. The van der Waals surface area contributed by atoms with Crippen molar-refractivity contribution in [2.45, 2.75) is 58.1 Å². The molecule has 46 heavy (non-hydrogen) atoms. The SMILES string of the molecule is COC(=O)c1c(OC)ccc2oc(C(=O)Nc3ccc(-c4ccc(S(=O)(=O)N[C@H](C(=O)OC(C)(C)C)C(C)C)cc4)cc3)c(C)c12. The van der Waals surface area contributed by atoms with Gasteiger partial charge in [0.25, 0.3) is 5.91 Å². The van der Waals surface area contributed by atoms with E-state index in [1.807, 2.05) is 0 Å². The first-order valence-electron chi connectivity index (χ1n) is 14.5. The number of esters is 2. The van der Waals surface area contributed by atoms with Crippen molar-refractivity contribution in [1.29, 1.82) is 0 Å². The van der Waals surface area contributed by atoms with E-state index in [9.17, 15) is 22.8 Å². The molecule has 4 rings (SSSR count). The highest BCUT2D eigenvalue weighted by Crippen LogP contribution is 2.35. The van der Waals surface area contributed by atoms with Crippen LogP contribution in [0.3, 0.4) is 0 Å². The number of carbonyl (C=O) groups is 3. The highest BCUT2D eigenvalue weighted by Gasteiger charge is 2.32. The summed E-state index contributed by atoms with van der Waals surface area (Å²) in [5.41, 5.74) is 2.21. The van der Waals surface area contributed by atoms with Gasteiger partial charge in [-0.05, 0) is 81.1 Å². The van der Waals surface area contributed by atoms with Gasteiger partial charge in [-0.2, -0.15) is 4.72 Å². The molecule has 0 aliphatic heterocycles. The predicted octanol–water partition coefficient (Wildman–Crippen LogP) is 6.10. The van der Waals surface area contributed by atoms with Crippen molar-refractivity contribution < 1.29 is 41.4 Å². The Kier molecular flexibility index (Phi) is 9.93. The molecule has 2 N–H and O–H groups in total. The van der Waals surface area contributed by atoms with Gasteiger partial charge in [0.2, 0.25) is 10.0 Å². The molecule has 12 heteroatoms. The molecule has 0 spiro atoms. The fraction of sp³-hybridized carbons (Fsp3) is 0.324. The monoisotopic (exact) mass is 650 g/mol. The van der Waals surface area contributed by atoms with Gasteiger partial charge in [-0.15, -0.1) is 0 Å². The van der Waals surface area contributed by atoms with Crippen molar-refractivity contribution in [3.63, 3.8) is 0 Å². The number of nitrogens with one attached hydrogen (secondary N) is 2. The van der Waals surface area contributed by atoms with Gasteiger partial charge < -0.3 is 23.9 Å². The standard InChI is InChI=1S/C34H38N2O9S/c1-19(2)29(33(39)45-34(4,5)6)36-46(40,41)24-15-11-22(12-16-24)21-9-13-23(14-10-21)35-31(37)30-20(3)27-26(44-30)18-17-25(42-7)28(27)32(38)43-8/h9-19,29,36H,1-8H3,(H,35,37)/t29-/m0/s1. The number of ether oxygens (including phenoxy) is 3. The van der Waals surface area contributed by atoms with Gasteiger partial charge >= 0.3 is 11.9 Å². The first-order valence-corrected chi connectivity index (χ1v) is 16.0. The Labute approximate surface area is 268 Å². The van der Waals surface area contributed by atoms with Crippen LogP contribution in [-0.2, 0) is 24.3 Å². The number of benzene rings is 3. The Morgan fingerprint density at radius 2 is 1.46 bits per heavy atom. The fourth-order valence-electron chi connectivity index (χ4n) is 4.83. The van der Waals surface area contributed by atoms with Crippen LogP contribution < -0.4 is 14.8 Å². The quantitative estimate of drug-likeness (QED) is 0.194. The molecule has 11 nitrogen and oxygen atoms in total. The Bertz CT molecular complexity index is 1870. The summed E-state index contributed by atoms with van der Waals surface area (Å²) in [6, 6.07) is 15.3. The number of furan rings is 1. The number of hydrogen-bond donors (Lipinski definition) is 2. The van der Waals surface area contributed by atoms with E-state index in [1.165, 1.54) is 26.4 Å². The molecule has 0 aliphatic rings. The van der Waals surface area contributed by atoms with Gasteiger partial charge in [-0.1, -0.05) is 38.1 Å². The molecule has 0 aliphatic carbocycles. The molecule has 1 heterocycles. The van der Waals surface area contributed by atoms with Crippen LogP contribution in [-0.4, -0.2) is 52.1 Å². The minimum Gasteiger partial charge on any atom is -0.496 e. The third-order valence-corrected chi connectivity index (χ3v) is 8.58. The van der Waals surface area contributed by atoms with Crippen molar-refractivity contribution in [2.75, 3.05) is 19.5 Å². The average Bonchev–Trinajstić information content (AvgIpc) is 3.34. The lowest BCUT2D eigenvalue weighted by Gasteiger charge is -2.26. The fourth-order valence-corrected chi connectivity index (χ4v) is 6.16. The highest BCUT2D eigenvalue weighted by molar-refractivity contribution is 7.89. The van der Waals surface area contributed by atoms with Crippen molar-refractivity contribution in [3.8, 4) is 16.9 Å². The van der Waals surface area contributed by atoms with E-state index < -0.39 is 39.5 Å². The second-order valence-electron chi connectivity index (χ2n) is 12.0. The minimum absolute atomic E-state index is 0.00326. The minimum atomic E-state index is -4.02. The molecule has 0 unspecified atom stereocenters. The maximum atomic E-state index is 13.2. The molecule has 0 saturated heterocycles. The number of hydrogen-bond acceptors (Lipinski definition) is 9. The first kappa shape index (κ1) is 34.2. The number of methoxy groups -OCH3 is 2. The van der Waals surface area contributed by atoms with E-state index >= 15 is 0 Å². The molecular weight excluding hydrogens is 612 g/mol. The second kappa shape index (κ2) is 13.4. The third-order valence-electron chi connectivity index (χ3n) is 7.12. The van der Waals surface area contributed by atoms with Crippen molar-refractivity contribution >= 4 is 44.5 Å². The number of sulfonamides is 1. The van der Waals surface area contributed by atoms with Crippen LogP contribution in [0.1, 0.15) is 61.1 Å². The number of aryl methyl sites for hydroxylation is 1. The van der Waals surface area contributed by atoms with Gasteiger partial charge in [-0.25, -0.2) is 13.2 Å². The summed E-state index contributed by atoms with van der Waals surface area (Å²) >= 11 is 0. The smallest absolute Gasteiger partial charge is 0.342 e. The largest absolute Gasteiger partial charge is 0.496 e. The Hall–Kier alpha value is -4.68. The molecule has 1 atom stereocenters. The van der Waals surface area contributed by atoms with E-state index in [0.717, 1.165) is 11.1 Å². The van der Waals surface area contributed by atoms with Crippen molar-refractivity contribution in [2.24, 2.45) is 5.92 Å². The lowest BCUT2D eigenvalue weighted by atomic mass is 10.0. The zero-order valence-electron chi connectivity index (χ0n) is 27.0. The number of fused-ring (bicyclic) bond motifs is 1. The van der Waals surface area contributed by atoms with E-state index in [4.69, 9.17) is 18.6 Å². The molecule has 1 aromatic heterocycles. The van der Waals surface area contributed by atoms with Crippen molar-refractivity contribution in [3.05, 3.63) is 77.6 Å². The third kappa shape index (κ3) is 7.40. The first-order chi connectivity index (χ1) is 21.6. The van der Waals surface area contributed by atoms with Crippen LogP contribution in [0.25, 0.3) is 22.1 Å². The van der Waals surface area contributed by atoms with Crippen LogP contribution in [0.2, 0.25) is 0 Å². The Morgan fingerprint density at radius 3 is 1.98 bits per heavy atom. The number of anilines is 1. The molecule has 0 saturated carbocycles. The van der Waals surface area contributed by atoms with Gasteiger partial charge in [0, 0.05) is 16.6 Å². The molecule has 0 fully saturated rings. The Balaban J connectivity index is 1.50. The van der Waals surface area contributed by atoms with Crippen LogP contribution in [0.4, 0.5) is 5.69 Å². The van der Waals surface area contributed by atoms with Gasteiger partial charge in [0.05, 0.1) is 19.1 Å². The summed E-state index contributed by atoms with van der Waals surface area (Å²) in [7, 11) is -1.32. The summed E-state index contributed by atoms with van der Waals surface area (Å²) in [6.07, 6.45) is 0. The van der Waals surface area contributed by atoms with E-state index in [1.54, 1.807) is 90.1 Å². The van der Waals surface area contributed by atoms with Crippen LogP contribution in [0.15, 0.2) is 70.0 Å². The maximum Gasteiger partial charge on any atom is 0.342 e. The van der Waals surface area contributed by atoms with E-state index in [0.29, 0.717) is 28.0 Å². The molecule has 0 radical (unpaired) electrons. The van der Waals surface area contributed by atoms with Crippen molar-refractivity contribution in [1.82, 2.24) is 4.72 Å². The zero-order valence-corrected chi connectivity index (χ0v) is 27.8. The highest BCUT2D eigenvalue weighted by atomic mass is 32.2. The van der Waals surface area contributed by atoms with Gasteiger partial charge in [0.15, 0.2) is 5.76 Å². The summed E-state index contributed by atoms with van der Waals surface area (Å²) in [6.45, 7) is 10.3. The van der Waals surface area contributed by atoms with E-state index in [2.05, 4.69) is 10.0 Å². The maximum absolute atomic E-state index is 13.2. The number of amides is 1. The summed E-state index contributed by atoms with van der Waals surface area (Å²) < 4.78 is 50.2. The number of rotatable bonds is 10. The van der Waals surface area contributed by atoms with Crippen LogP contribution >= 0.6 is 0 Å². The average molecular weight is 651 g/mol. The molecular formula is C34H38N2O9S. The number of carbonyl (C=O) groups excluding carboxylic acids is 3. The normalized spacial score (nSPS) is 12.5. The second-order valence-corrected chi connectivity index (χ2v) is 13.7. The topological polar surface area (TPSA) is 150 Å². The lowest BCUT2D eigenvalue weighted by molar-refractivity contribution is -0.158. The zero-order chi connectivity index (χ0) is 34.0. The summed E-state index contributed by atoms with van der Waals surface area (Å²) in [4.78, 5) is 38.3. The summed E-state index contributed by atoms with van der Waals surface area (Å²) in [5, 5.41) is 3.23. The molecule has 4 aromatic rings. The molecule has 3 aromatic carbocycles. The van der Waals surface area contributed by atoms with Crippen LogP contribution in [0, 0.1) is 12.8 Å². The molecule has 0 bridgehead atoms. The molecule has 1 amide bonds. The van der Waals surface area contributed by atoms with Gasteiger partial charge in [-0.3, -0.25) is 9.59 Å². The van der Waals surface area contributed by atoms with E-state index in [-0.39, 0.29) is 22.1 Å². The van der Waals surface area contributed by atoms with Crippen LogP contribution in [0.5, 0.6) is 5.75 Å². The predicted molar refractivity (Wildman–Crippen MR) is 173 cm³/mol. The molecule has 244 valence electrons. The summed E-state index contributed by atoms with van der Waals surface area (Å²) in [5.74, 6) is -1.76. The van der Waals surface area contributed by atoms with Gasteiger partial charge in [0.1, 0.15) is 28.5 Å². The Morgan fingerprint density at radius 1 is 0.870 bits per heavy atom.